The van der Waals surface area contributed by atoms with Gasteiger partial charge in [-0.3, -0.25) is 0 Å². The predicted octanol–water partition coefficient (Wildman–Crippen LogP) is 6.42. The van der Waals surface area contributed by atoms with E-state index in [-0.39, 0.29) is 5.82 Å². The van der Waals surface area contributed by atoms with Crippen molar-refractivity contribution >= 4 is 38.7 Å². The second-order valence-corrected chi connectivity index (χ2v) is 6.99. The molecule has 0 atom stereocenters. The van der Waals surface area contributed by atoms with Gasteiger partial charge in [-0.25, -0.2) is 4.39 Å². The van der Waals surface area contributed by atoms with Crippen LogP contribution in [0.15, 0.2) is 50.2 Å². The average molecular weight is 365 g/mol. The second-order valence-electron chi connectivity index (χ2n) is 4.80. The molecule has 0 aliphatic carbocycles. The molecule has 0 unspecified atom stereocenters. The summed E-state index contributed by atoms with van der Waals surface area (Å²) >= 11 is 5.29. The first-order valence-corrected chi connectivity index (χ1v) is 8.49. The van der Waals surface area contributed by atoms with Crippen LogP contribution in [-0.4, -0.2) is 5.75 Å². The van der Waals surface area contributed by atoms with Crippen LogP contribution in [0.4, 0.5) is 4.39 Å². The molecule has 0 bridgehead atoms. The van der Waals surface area contributed by atoms with Crippen LogP contribution in [-0.2, 0) is 0 Å². The number of thioether (sulfide) groups is 1. The summed E-state index contributed by atoms with van der Waals surface area (Å²) in [6, 6.07) is 10.6. The summed E-state index contributed by atoms with van der Waals surface area (Å²) in [4.78, 5) is 1.11. The van der Waals surface area contributed by atoms with Crippen molar-refractivity contribution in [3.8, 4) is 11.3 Å². The third kappa shape index (κ3) is 2.74. The molecule has 0 N–H and O–H groups in total. The lowest BCUT2D eigenvalue weighted by atomic mass is 10.1. The molecule has 0 saturated heterocycles. The molecular weight excluding hydrogens is 351 g/mol. The Morgan fingerprint density at radius 3 is 2.57 bits per heavy atom. The molecule has 0 aliphatic rings. The molecule has 21 heavy (non-hydrogen) atoms. The van der Waals surface area contributed by atoms with E-state index in [4.69, 9.17) is 4.42 Å². The first-order valence-electron chi connectivity index (χ1n) is 6.71. The normalized spacial score (nSPS) is 11.2. The lowest BCUT2D eigenvalue weighted by molar-refractivity contribution is 0.618. The SMILES string of the molecule is CCSc1c(-c2ccc(F)cc2)oc2c(C)cc(Br)cc12. The highest BCUT2D eigenvalue weighted by atomic mass is 79.9. The number of halogens is 2. The fourth-order valence-corrected chi connectivity index (χ4v) is 3.84. The van der Waals surface area contributed by atoms with Crippen LogP contribution in [0.3, 0.4) is 0 Å². The number of hydrogen-bond donors (Lipinski definition) is 0. The van der Waals surface area contributed by atoms with Gasteiger partial charge in [0.25, 0.3) is 0 Å². The van der Waals surface area contributed by atoms with Crippen LogP contribution in [0.1, 0.15) is 12.5 Å². The molecule has 0 aliphatic heterocycles. The van der Waals surface area contributed by atoms with Crippen molar-refractivity contribution in [2.24, 2.45) is 0 Å². The number of aryl methyl sites for hydroxylation is 1. The Balaban J connectivity index is 2.28. The summed E-state index contributed by atoms with van der Waals surface area (Å²) in [6.07, 6.45) is 0. The molecule has 0 saturated carbocycles. The summed E-state index contributed by atoms with van der Waals surface area (Å²) in [5, 5.41) is 1.10. The lowest BCUT2D eigenvalue weighted by Crippen LogP contribution is -1.80. The molecule has 2 aromatic carbocycles. The topological polar surface area (TPSA) is 13.1 Å². The molecule has 3 rings (SSSR count). The molecule has 108 valence electrons. The Morgan fingerprint density at radius 2 is 1.90 bits per heavy atom. The largest absolute Gasteiger partial charge is 0.455 e. The van der Waals surface area contributed by atoms with Gasteiger partial charge in [0.2, 0.25) is 0 Å². The van der Waals surface area contributed by atoms with E-state index in [0.29, 0.717) is 0 Å². The maximum atomic E-state index is 13.1. The minimum absolute atomic E-state index is 0.238. The van der Waals surface area contributed by atoms with Crippen LogP contribution in [0.5, 0.6) is 0 Å². The predicted molar refractivity (Wildman–Crippen MR) is 90.4 cm³/mol. The Kier molecular flexibility index (Phi) is 4.09. The van der Waals surface area contributed by atoms with Crippen LogP contribution in [0, 0.1) is 12.7 Å². The standard InChI is InChI=1S/C17H14BrFOS/c1-3-21-17-14-9-12(18)8-10(2)15(14)20-16(17)11-4-6-13(19)7-5-11/h4-9H,3H2,1-2H3. The number of benzene rings is 2. The van der Waals surface area contributed by atoms with Gasteiger partial charge in [-0.05, 0) is 54.6 Å². The Bertz CT molecular complexity index is 793. The van der Waals surface area contributed by atoms with E-state index in [1.54, 1.807) is 23.9 Å². The van der Waals surface area contributed by atoms with Gasteiger partial charge >= 0.3 is 0 Å². The van der Waals surface area contributed by atoms with Gasteiger partial charge in [-0.1, -0.05) is 22.9 Å². The van der Waals surface area contributed by atoms with Gasteiger partial charge < -0.3 is 4.42 Å². The zero-order valence-corrected chi connectivity index (χ0v) is 14.1. The first kappa shape index (κ1) is 14.7. The smallest absolute Gasteiger partial charge is 0.148 e. The number of rotatable bonds is 3. The molecule has 0 fully saturated rings. The molecule has 1 nitrogen and oxygen atoms in total. The fourth-order valence-electron chi connectivity index (χ4n) is 2.38. The van der Waals surface area contributed by atoms with Gasteiger partial charge in [0.15, 0.2) is 0 Å². The summed E-state index contributed by atoms with van der Waals surface area (Å²) in [5.74, 6) is 1.53. The highest BCUT2D eigenvalue weighted by Gasteiger charge is 2.18. The van der Waals surface area contributed by atoms with Crippen molar-refractivity contribution in [2.75, 3.05) is 5.75 Å². The third-order valence-electron chi connectivity index (χ3n) is 3.29. The molecule has 1 heterocycles. The summed E-state index contributed by atoms with van der Waals surface area (Å²) in [6.45, 7) is 4.15. The minimum Gasteiger partial charge on any atom is -0.455 e. The zero-order chi connectivity index (χ0) is 15.0. The second kappa shape index (κ2) is 5.85. The maximum Gasteiger partial charge on any atom is 0.148 e. The van der Waals surface area contributed by atoms with E-state index >= 15 is 0 Å². The summed E-state index contributed by atoms with van der Waals surface area (Å²) < 4.78 is 20.3. The average Bonchev–Trinajstić information content (AvgIpc) is 2.80. The Hall–Kier alpha value is -1.26. The van der Waals surface area contributed by atoms with Gasteiger partial charge in [0, 0.05) is 15.4 Å². The Labute approximate surface area is 135 Å². The number of hydrogen-bond acceptors (Lipinski definition) is 2. The third-order valence-corrected chi connectivity index (χ3v) is 4.73. The molecule has 1 aromatic heterocycles. The van der Waals surface area contributed by atoms with E-state index in [2.05, 4.69) is 28.9 Å². The molecule has 4 heteroatoms. The van der Waals surface area contributed by atoms with Crippen LogP contribution in [0.25, 0.3) is 22.3 Å². The maximum absolute atomic E-state index is 13.1. The van der Waals surface area contributed by atoms with Crippen molar-refractivity contribution in [1.82, 2.24) is 0 Å². The number of fused-ring (bicyclic) bond motifs is 1. The van der Waals surface area contributed by atoms with Crippen molar-refractivity contribution in [2.45, 2.75) is 18.7 Å². The lowest BCUT2D eigenvalue weighted by Gasteiger charge is -2.01. The molecule has 0 amide bonds. The van der Waals surface area contributed by atoms with Gasteiger partial charge in [-0.2, -0.15) is 0 Å². The van der Waals surface area contributed by atoms with Crippen LogP contribution < -0.4 is 0 Å². The highest BCUT2D eigenvalue weighted by molar-refractivity contribution is 9.10. The summed E-state index contributed by atoms with van der Waals surface area (Å²) in [7, 11) is 0. The van der Waals surface area contributed by atoms with Crippen molar-refractivity contribution in [3.05, 3.63) is 52.3 Å². The van der Waals surface area contributed by atoms with Crippen molar-refractivity contribution in [1.29, 1.82) is 0 Å². The highest BCUT2D eigenvalue weighted by Crippen LogP contribution is 2.42. The summed E-state index contributed by atoms with van der Waals surface area (Å²) in [5.41, 5.74) is 2.89. The molecule has 0 radical (unpaired) electrons. The first-order chi connectivity index (χ1) is 10.1. The number of furan rings is 1. The van der Waals surface area contributed by atoms with E-state index < -0.39 is 0 Å². The van der Waals surface area contributed by atoms with E-state index in [9.17, 15) is 4.39 Å². The van der Waals surface area contributed by atoms with E-state index in [1.165, 1.54) is 12.1 Å². The van der Waals surface area contributed by atoms with Crippen molar-refractivity contribution < 1.29 is 8.81 Å². The van der Waals surface area contributed by atoms with Crippen molar-refractivity contribution in [3.63, 3.8) is 0 Å². The van der Waals surface area contributed by atoms with Gasteiger partial charge in [-0.15, -0.1) is 11.8 Å². The quantitative estimate of drug-likeness (QED) is 0.497. The Morgan fingerprint density at radius 1 is 1.19 bits per heavy atom. The van der Waals surface area contributed by atoms with E-state index in [0.717, 1.165) is 43.0 Å². The van der Waals surface area contributed by atoms with Gasteiger partial charge in [0.1, 0.15) is 17.2 Å². The van der Waals surface area contributed by atoms with Gasteiger partial charge in [0.05, 0.1) is 4.90 Å². The monoisotopic (exact) mass is 364 g/mol. The molecular formula is C17H14BrFOS. The zero-order valence-electron chi connectivity index (χ0n) is 11.7. The minimum atomic E-state index is -0.238. The van der Waals surface area contributed by atoms with Crippen LogP contribution in [0.2, 0.25) is 0 Å². The molecule has 3 aromatic rings. The molecule has 0 spiro atoms. The fraction of sp³-hybridized carbons (Fsp3) is 0.176. The van der Waals surface area contributed by atoms with E-state index in [1.807, 2.05) is 13.0 Å². The van der Waals surface area contributed by atoms with Crippen LogP contribution >= 0.6 is 27.7 Å².